The number of hydrogen-bond donors (Lipinski definition) is 1. The number of aliphatic hydroxyl groups is 1. The minimum atomic E-state index is -1.18. The summed E-state index contributed by atoms with van der Waals surface area (Å²) in [5.41, 5.74) is 0. The van der Waals surface area contributed by atoms with Gasteiger partial charge < -0.3 is 0 Å². The number of aliphatic hydroxyl groups excluding tert-OH is 1. The van der Waals surface area contributed by atoms with Gasteiger partial charge in [-0.3, -0.25) is 0 Å². The Bertz CT molecular complexity index is 109. The number of likely N-dealkylation sites (N-methyl/N-ethyl adjacent to an activating group) is 1. The third kappa shape index (κ3) is 8.63. The normalized spacial score (nSPS) is 15.5. The molecule has 0 aliphatic heterocycles. The first-order valence-corrected chi connectivity index (χ1v) is 13.2. The molecule has 0 aliphatic carbocycles. The van der Waals surface area contributed by atoms with Crippen LogP contribution in [0.3, 0.4) is 0 Å². The average molecular weight is 267 g/mol. The summed E-state index contributed by atoms with van der Waals surface area (Å²) in [4.78, 5) is 4.70. The molecule has 0 saturated carbocycles. The van der Waals surface area contributed by atoms with Gasteiger partial charge in [-0.15, -0.1) is 0 Å². The quantitative estimate of drug-likeness (QED) is 0.582. The third-order valence-corrected chi connectivity index (χ3v) is 5.75. The number of rotatable bonds is 4. The van der Waals surface area contributed by atoms with Gasteiger partial charge in [0, 0.05) is 0 Å². The molecule has 2 nitrogen and oxygen atoms in total. The first-order chi connectivity index (χ1) is 4.81. The van der Waals surface area contributed by atoms with Gasteiger partial charge in [0.15, 0.2) is 0 Å². The molecule has 0 saturated heterocycles. The van der Waals surface area contributed by atoms with E-state index in [0.29, 0.717) is 0 Å². The van der Waals surface area contributed by atoms with E-state index in [1.54, 1.807) is 0 Å². The van der Waals surface area contributed by atoms with Crippen LogP contribution in [0.4, 0.5) is 0 Å². The molecule has 0 aromatic carbocycles. The van der Waals surface area contributed by atoms with Crippen LogP contribution in [-0.4, -0.2) is 63.1 Å². The van der Waals surface area contributed by atoms with E-state index in [2.05, 4.69) is 31.0 Å². The summed E-state index contributed by atoms with van der Waals surface area (Å²) in [6.07, 6.45) is -0.0502. The number of hydrogen-bond acceptors (Lipinski definition) is 1. The van der Waals surface area contributed by atoms with Crippen LogP contribution in [-0.2, 0) is 0 Å². The summed E-state index contributed by atoms with van der Waals surface area (Å²) in [5.74, 6) is 0. The van der Waals surface area contributed by atoms with Crippen LogP contribution in [0.5, 0.6) is 0 Å². The zero-order valence-corrected chi connectivity index (χ0v) is 11.8. The predicted octanol–water partition coefficient (Wildman–Crippen LogP) is 0.540. The Kier molecular flexibility index (Phi) is 4.98. The van der Waals surface area contributed by atoms with Crippen LogP contribution in [0.2, 0.25) is 14.3 Å². The fraction of sp³-hybridized carbons (Fsp3) is 1.00. The van der Waals surface area contributed by atoms with Crippen molar-refractivity contribution >= 4 is 19.8 Å². The second-order valence-electron chi connectivity index (χ2n) is 4.76. The van der Waals surface area contributed by atoms with Crippen LogP contribution < -0.4 is 0 Å². The molecular formula is C8H22NOSn+. The van der Waals surface area contributed by atoms with Gasteiger partial charge in [0.05, 0.1) is 0 Å². The molecule has 0 spiro atoms. The van der Waals surface area contributed by atoms with E-state index < -0.39 is 19.8 Å². The van der Waals surface area contributed by atoms with Crippen molar-refractivity contribution in [2.45, 2.75) is 20.4 Å². The molecular weight excluding hydrogens is 245 g/mol. The van der Waals surface area contributed by atoms with Crippen molar-refractivity contribution in [1.29, 1.82) is 0 Å². The van der Waals surface area contributed by atoms with Crippen molar-refractivity contribution < 1.29 is 9.59 Å². The fourth-order valence-electron chi connectivity index (χ4n) is 1.25. The van der Waals surface area contributed by atoms with Crippen LogP contribution in [0.15, 0.2) is 0 Å². The Balaban J connectivity index is 3.61. The number of nitrogens with zero attached hydrogens (tertiary/aromatic N) is 1. The van der Waals surface area contributed by atoms with E-state index in [1.807, 2.05) is 0 Å². The van der Waals surface area contributed by atoms with Gasteiger partial charge >= 0.3 is 77.5 Å². The van der Waals surface area contributed by atoms with Crippen LogP contribution in [0.1, 0.15) is 0 Å². The summed E-state index contributed by atoms with van der Waals surface area (Å²) in [6.45, 7) is 0.898. The van der Waals surface area contributed by atoms with E-state index in [0.717, 1.165) is 15.5 Å². The molecule has 0 radical (unpaired) electrons. The summed E-state index contributed by atoms with van der Waals surface area (Å²) in [7, 11) is 6.37. The van der Waals surface area contributed by atoms with E-state index in [-0.39, 0.29) is 6.10 Å². The van der Waals surface area contributed by atoms with Crippen LogP contribution in [0, 0.1) is 0 Å². The summed E-state index contributed by atoms with van der Waals surface area (Å²) in [5, 5.41) is 9.59. The van der Waals surface area contributed by atoms with Crippen molar-refractivity contribution in [3.63, 3.8) is 0 Å². The first kappa shape index (κ1) is 11.7. The zero-order valence-electron chi connectivity index (χ0n) is 8.46. The molecule has 0 aromatic heterocycles. The van der Waals surface area contributed by atoms with Crippen molar-refractivity contribution in [2.75, 3.05) is 27.7 Å². The second kappa shape index (κ2) is 4.67. The van der Waals surface area contributed by atoms with E-state index in [1.165, 1.54) is 0 Å². The second-order valence-corrected chi connectivity index (χ2v) is 14.1. The van der Waals surface area contributed by atoms with Crippen molar-refractivity contribution in [3.05, 3.63) is 0 Å². The monoisotopic (exact) mass is 268 g/mol. The molecule has 0 bridgehead atoms. The molecule has 0 fully saturated rings. The predicted molar refractivity (Wildman–Crippen MR) is 52.6 cm³/mol. The maximum absolute atomic E-state index is 9.59. The Hall–Kier alpha value is 0.719. The molecule has 3 heteroatoms. The zero-order chi connectivity index (χ0) is 9.07. The van der Waals surface area contributed by atoms with Crippen LogP contribution >= 0.6 is 0 Å². The van der Waals surface area contributed by atoms with Gasteiger partial charge in [0.1, 0.15) is 0 Å². The van der Waals surface area contributed by atoms with Crippen molar-refractivity contribution in [2.24, 2.45) is 0 Å². The molecule has 1 unspecified atom stereocenters. The molecule has 0 rings (SSSR count). The number of quaternary nitrogens is 1. The SMILES string of the molecule is [CH3][SnH]([CH3])[CH2]C(O)C[N+](C)(C)C. The fourth-order valence-corrected chi connectivity index (χ4v) is 4.78. The topological polar surface area (TPSA) is 20.2 Å². The molecule has 0 aliphatic rings. The molecule has 1 N–H and O–H groups in total. The summed E-state index contributed by atoms with van der Waals surface area (Å²) < 4.78 is 2.00. The summed E-state index contributed by atoms with van der Waals surface area (Å²) in [6, 6.07) is 0. The molecule has 0 amide bonds. The third-order valence-electron chi connectivity index (χ3n) is 1.50. The Morgan fingerprint density at radius 1 is 1.27 bits per heavy atom. The minimum absolute atomic E-state index is 0.0502. The molecule has 11 heavy (non-hydrogen) atoms. The van der Waals surface area contributed by atoms with E-state index in [9.17, 15) is 5.11 Å². The standard InChI is InChI=1S/C6H15NO.2CH3.Sn.H/c1-6(8)5-7(2,3)4;;;;/h6,8H,1,5H2,2-4H3;2*1H3;;/q+1;;;;. The Labute approximate surface area is 77.5 Å². The van der Waals surface area contributed by atoms with Gasteiger partial charge in [-0.05, 0) is 0 Å². The molecule has 0 heterocycles. The van der Waals surface area contributed by atoms with E-state index >= 15 is 0 Å². The van der Waals surface area contributed by atoms with Gasteiger partial charge in [-0.1, -0.05) is 0 Å². The Morgan fingerprint density at radius 3 is 2.00 bits per heavy atom. The van der Waals surface area contributed by atoms with Gasteiger partial charge in [-0.2, -0.15) is 0 Å². The average Bonchev–Trinajstić information content (AvgIpc) is 1.53. The van der Waals surface area contributed by atoms with Gasteiger partial charge in [0.25, 0.3) is 0 Å². The van der Waals surface area contributed by atoms with Gasteiger partial charge in [-0.25, -0.2) is 0 Å². The molecule has 0 aromatic rings. The van der Waals surface area contributed by atoms with Crippen LogP contribution in [0.25, 0.3) is 0 Å². The van der Waals surface area contributed by atoms with Gasteiger partial charge in [0.2, 0.25) is 0 Å². The Morgan fingerprint density at radius 2 is 1.73 bits per heavy atom. The maximum atomic E-state index is 9.59. The summed E-state index contributed by atoms with van der Waals surface area (Å²) >= 11 is -1.18. The van der Waals surface area contributed by atoms with E-state index in [4.69, 9.17) is 0 Å². The van der Waals surface area contributed by atoms with Crippen molar-refractivity contribution in [1.82, 2.24) is 0 Å². The molecule has 1 atom stereocenters. The van der Waals surface area contributed by atoms with Crippen molar-refractivity contribution in [3.8, 4) is 0 Å². The molecule has 68 valence electrons. The first-order valence-electron chi connectivity index (χ1n) is 4.30.